The number of hydrogen-bond donors (Lipinski definition) is 2. The maximum atomic E-state index is 12.4. The lowest BCUT2D eigenvalue weighted by Crippen LogP contribution is -2.31. The molecule has 0 atom stereocenters. The lowest BCUT2D eigenvalue weighted by Gasteiger charge is -2.26. The first-order chi connectivity index (χ1) is 9.52. The van der Waals surface area contributed by atoms with Crippen molar-refractivity contribution in [2.45, 2.75) is 6.92 Å². The van der Waals surface area contributed by atoms with E-state index in [0.29, 0.717) is 18.4 Å². The number of aliphatic hydroxyl groups is 2. The quantitative estimate of drug-likeness (QED) is 0.695. The molecule has 1 aromatic carbocycles. The molecule has 0 aliphatic carbocycles. The van der Waals surface area contributed by atoms with Crippen molar-refractivity contribution >= 4 is 18.6 Å². The first-order valence-electron chi connectivity index (χ1n) is 6.31. The third-order valence-electron chi connectivity index (χ3n) is 3.07. The lowest BCUT2D eigenvalue weighted by molar-refractivity contribution is 0.281. The van der Waals surface area contributed by atoms with Gasteiger partial charge in [0.15, 0.2) is 0 Å². The van der Waals surface area contributed by atoms with E-state index in [0.717, 1.165) is 11.3 Å². The molecule has 0 heterocycles. The summed E-state index contributed by atoms with van der Waals surface area (Å²) in [7, 11) is -0.637. The van der Waals surface area contributed by atoms with Crippen molar-refractivity contribution in [2.24, 2.45) is 0 Å². The molecule has 1 aromatic rings. The van der Waals surface area contributed by atoms with Gasteiger partial charge < -0.3 is 24.2 Å². The van der Waals surface area contributed by atoms with Gasteiger partial charge in [0.1, 0.15) is 0 Å². The van der Waals surface area contributed by atoms with Gasteiger partial charge in [-0.1, -0.05) is 6.07 Å². The SMILES string of the molecule is COP(=O)(OC)c1ccc(C)c(N(CCO)CCO)c1. The topological polar surface area (TPSA) is 79.2 Å². The van der Waals surface area contributed by atoms with Gasteiger partial charge in [-0.15, -0.1) is 0 Å². The van der Waals surface area contributed by atoms with Crippen LogP contribution in [0.25, 0.3) is 0 Å². The monoisotopic (exact) mass is 303 g/mol. The minimum Gasteiger partial charge on any atom is -0.395 e. The molecule has 0 saturated heterocycles. The largest absolute Gasteiger partial charge is 0.395 e. The Balaban J connectivity index is 3.22. The van der Waals surface area contributed by atoms with E-state index in [-0.39, 0.29) is 13.2 Å². The van der Waals surface area contributed by atoms with Crippen LogP contribution in [-0.2, 0) is 13.6 Å². The highest BCUT2D eigenvalue weighted by atomic mass is 31.2. The van der Waals surface area contributed by atoms with Crippen molar-refractivity contribution in [3.8, 4) is 0 Å². The van der Waals surface area contributed by atoms with E-state index in [4.69, 9.17) is 19.3 Å². The van der Waals surface area contributed by atoms with Crippen molar-refractivity contribution in [3.63, 3.8) is 0 Å². The van der Waals surface area contributed by atoms with Crippen molar-refractivity contribution in [1.29, 1.82) is 0 Å². The fourth-order valence-electron chi connectivity index (χ4n) is 1.99. The maximum Gasteiger partial charge on any atom is 0.360 e. The van der Waals surface area contributed by atoms with Crippen molar-refractivity contribution < 1.29 is 23.8 Å². The molecule has 0 saturated carbocycles. The van der Waals surface area contributed by atoms with Crippen molar-refractivity contribution in [1.82, 2.24) is 0 Å². The van der Waals surface area contributed by atoms with E-state index in [1.807, 2.05) is 17.9 Å². The first kappa shape index (κ1) is 17.1. The minimum atomic E-state index is -3.31. The molecule has 0 unspecified atom stereocenters. The van der Waals surface area contributed by atoms with E-state index in [9.17, 15) is 4.57 Å². The third-order valence-corrected chi connectivity index (χ3v) is 4.94. The standard InChI is InChI=1S/C13H22NO5P/c1-11-4-5-12(20(17,18-2)19-3)10-13(11)14(6-8-15)7-9-16/h4-5,10,15-16H,6-9H2,1-3H3. The Morgan fingerprint density at radius 2 is 1.70 bits per heavy atom. The predicted octanol–water partition coefficient (Wildman–Crippen LogP) is 0.897. The normalized spacial score (nSPS) is 11.7. The van der Waals surface area contributed by atoms with E-state index < -0.39 is 7.60 Å². The van der Waals surface area contributed by atoms with Gasteiger partial charge in [-0.25, -0.2) is 0 Å². The Bertz CT molecular complexity index is 466. The summed E-state index contributed by atoms with van der Waals surface area (Å²) in [6, 6.07) is 5.23. The lowest BCUT2D eigenvalue weighted by atomic mass is 10.2. The third kappa shape index (κ3) is 3.81. The van der Waals surface area contributed by atoms with Gasteiger partial charge in [-0.05, 0) is 24.6 Å². The second kappa shape index (κ2) is 7.76. The highest BCUT2D eigenvalue weighted by Crippen LogP contribution is 2.45. The number of benzene rings is 1. The molecule has 0 spiro atoms. The number of nitrogens with zero attached hydrogens (tertiary/aromatic N) is 1. The second-order valence-corrected chi connectivity index (χ2v) is 6.51. The molecule has 0 amide bonds. The first-order valence-corrected chi connectivity index (χ1v) is 7.86. The summed E-state index contributed by atoms with van der Waals surface area (Å²) in [5, 5.41) is 18.7. The summed E-state index contributed by atoms with van der Waals surface area (Å²) < 4.78 is 22.4. The number of anilines is 1. The average Bonchev–Trinajstić information content (AvgIpc) is 2.47. The summed E-state index contributed by atoms with van der Waals surface area (Å²) in [6.45, 7) is 2.61. The average molecular weight is 303 g/mol. The van der Waals surface area contributed by atoms with Crippen LogP contribution in [0.5, 0.6) is 0 Å². The summed E-state index contributed by atoms with van der Waals surface area (Å²) in [5.41, 5.74) is 1.74. The number of aryl methyl sites for hydroxylation is 1. The summed E-state index contributed by atoms with van der Waals surface area (Å²) in [5.74, 6) is 0. The summed E-state index contributed by atoms with van der Waals surface area (Å²) >= 11 is 0. The highest BCUT2D eigenvalue weighted by Gasteiger charge is 2.25. The molecule has 0 aliphatic heterocycles. The maximum absolute atomic E-state index is 12.4. The van der Waals surface area contributed by atoms with Gasteiger partial charge in [-0.3, -0.25) is 4.57 Å². The Labute approximate surface area is 119 Å². The van der Waals surface area contributed by atoms with Gasteiger partial charge >= 0.3 is 7.60 Å². The van der Waals surface area contributed by atoms with Gasteiger partial charge in [0.2, 0.25) is 0 Å². The molecule has 0 bridgehead atoms. The van der Waals surface area contributed by atoms with Crippen LogP contribution in [0.1, 0.15) is 5.56 Å². The zero-order chi connectivity index (χ0) is 15.2. The van der Waals surface area contributed by atoms with Crippen LogP contribution in [0.3, 0.4) is 0 Å². The highest BCUT2D eigenvalue weighted by molar-refractivity contribution is 7.62. The minimum absolute atomic E-state index is 0.0319. The van der Waals surface area contributed by atoms with E-state index in [2.05, 4.69) is 0 Å². The van der Waals surface area contributed by atoms with Gasteiger partial charge in [0.05, 0.1) is 18.5 Å². The van der Waals surface area contributed by atoms with Gasteiger partial charge in [-0.2, -0.15) is 0 Å². The summed E-state index contributed by atoms with van der Waals surface area (Å²) in [4.78, 5) is 1.83. The van der Waals surface area contributed by atoms with Crippen LogP contribution in [0, 0.1) is 6.92 Å². The molecule has 0 radical (unpaired) electrons. The summed E-state index contributed by atoms with van der Waals surface area (Å²) in [6.07, 6.45) is 0. The Morgan fingerprint density at radius 3 is 2.15 bits per heavy atom. The molecule has 2 N–H and O–H groups in total. The second-order valence-electron chi connectivity index (χ2n) is 4.27. The molecule has 114 valence electrons. The Kier molecular flexibility index (Phi) is 6.65. The van der Waals surface area contributed by atoms with E-state index >= 15 is 0 Å². The fraction of sp³-hybridized carbons (Fsp3) is 0.538. The molecule has 6 nitrogen and oxygen atoms in total. The van der Waals surface area contributed by atoms with Gasteiger partial charge in [0, 0.05) is 33.0 Å². The van der Waals surface area contributed by atoms with Crippen LogP contribution >= 0.6 is 7.60 Å². The number of hydrogen-bond acceptors (Lipinski definition) is 6. The molecule has 0 aromatic heterocycles. The smallest absolute Gasteiger partial charge is 0.360 e. The van der Waals surface area contributed by atoms with E-state index in [1.165, 1.54) is 14.2 Å². The molecular formula is C13H22NO5P. The van der Waals surface area contributed by atoms with Crippen LogP contribution < -0.4 is 10.2 Å². The zero-order valence-corrected chi connectivity index (χ0v) is 13.0. The Hall–Kier alpha value is -0.910. The molecule has 7 heteroatoms. The molecular weight excluding hydrogens is 281 g/mol. The molecule has 0 fully saturated rings. The van der Waals surface area contributed by atoms with E-state index in [1.54, 1.807) is 12.1 Å². The van der Waals surface area contributed by atoms with Crippen LogP contribution in [0.2, 0.25) is 0 Å². The number of rotatable bonds is 8. The van der Waals surface area contributed by atoms with Gasteiger partial charge in [0.25, 0.3) is 0 Å². The van der Waals surface area contributed by atoms with Crippen molar-refractivity contribution in [2.75, 3.05) is 45.4 Å². The molecule has 1 rings (SSSR count). The van der Waals surface area contributed by atoms with Crippen LogP contribution in [0.15, 0.2) is 18.2 Å². The van der Waals surface area contributed by atoms with Crippen LogP contribution in [-0.4, -0.2) is 50.7 Å². The van der Waals surface area contributed by atoms with Crippen LogP contribution in [0.4, 0.5) is 5.69 Å². The molecule has 20 heavy (non-hydrogen) atoms. The fourth-order valence-corrected chi connectivity index (χ4v) is 3.10. The Morgan fingerprint density at radius 1 is 1.15 bits per heavy atom. The zero-order valence-electron chi connectivity index (χ0n) is 12.1. The molecule has 0 aliphatic rings. The predicted molar refractivity (Wildman–Crippen MR) is 78.8 cm³/mol. The van der Waals surface area contributed by atoms with Crippen molar-refractivity contribution in [3.05, 3.63) is 23.8 Å². The number of aliphatic hydroxyl groups excluding tert-OH is 2.